The van der Waals surface area contributed by atoms with Gasteiger partial charge in [-0.25, -0.2) is 0 Å². The van der Waals surface area contributed by atoms with Gasteiger partial charge in [-0.1, -0.05) is 30.3 Å². The highest BCUT2D eigenvalue weighted by molar-refractivity contribution is 6.24. The van der Waals surface area contributed by atoms with E-state index in [4.69, 9.17) is 0 Å². The van der Waals surface area contributed by atoms with E-state index in [9.17, 15) is 4.79 Å². The quantitative estimate of drug-likeness (QED) is 0.529. The second-order valence-electron chi connectivity index (χ2n) is 4.84. The summed E-state index contributed by atoms with van der Waals surface area (Å²) >= 11 is 0. The first kappa shape index (κ1) is 11.1. The molecule has 0 saturated heterocycles. The van der Waals surface area contributed by atoms with Gasteiger partial charge in [-0.15, -0.1) is 0 Å². The van der Waals surface area contributed by atoms with E-state index in [2.05, 4.69) is 10.2 Å². The van der Waals surface area contributed by atoms with Crippen molar-refractivity contribution in [3.8, 4) is 16.8 Å². The zero-order chi connectivity index (χ0) is 13.7. The fourth-order valence-electron chi connectivity index (χ4n) is 2.81. The summed E-state index contributed by atoms with van der Waals surface area (Å²) in [5, 5.41) is 8.29. The predicted octanol–water partition coefficient (Wildman–Crippen LogP) is 2.79. The van der Waals surface area contributed by atoms with Crippen molar-refractivity contribution in [1.82, 2.24) is 15.0 Å². The Bertz CT molecular complexity index is 835. The van der Waals surface area contributed by atoms with Crippen LogP contribution >= 0.6 is 0 Å². The van der Waals surface area contributed by atoms with Gasteiger partial charge in [0, 0.05) is 5.56 Å². The van der Waals surface area contributed by atoms with E-state index in [0.29, 0.717) is 5.56 Å². The molecule has 0 N–H and O–H groups in total. The van der Waals surface area contributed by atoms with Gasteiger partial charge in [-0.3, -0.25) is 4.79 Å². The molecule has 4 heteroatoms. The molecule has 0 aliphatic heterocycles. The zero-order valence-corrected chi connectivity index (χ0v) is 10.9. The fourth-order valence-corrected chi connectivity index (χ4v) is 2.81. The molecule has 1 heterocycles. The minimum Gasteiger partial charge on any atom is -0.288 e. The lowest BCUT2D eigenvalue weighted by Gasteiger charge is -2.09. The Labute approximate surface area is 115 Å². The molecule has 0 bridgehead atoms. The monoisotopic (exact) mass is 261 g/mol. The molecule has 4 nitrogen and oxygen atoms in total. The van der Waals surface area contributed by atoms with Crippen LogP contribution in [0.1, 0.15) is 21.5 Å². The number of nitrogens with zero attached hydrogens (tertiary/aromatic N) is 3. The van der Waals surface area contributed by atoms with Gasteiger partial charge in [-0.05, 0) is 29.7 Å². The lowest BCUT2D eigenvalue weighted by atomic mass is 9.99. The van der Waals surface area contributed by atoms with Crippen LogP contribution in [0.4, 0.5) is 0 Å². The molecular formula is C16H11N3O. The molecule has 2 aromatic carbocycles. The Balaban J connectivity index is 2.10. The van der Waals surface area contributed by atoms with Gasteiger partial charge in [0.05, 0.1) is 23.6 Å². The van der Waals surface area contributed by atoms with E-state index in [0.717, 1.165) is 27.9 Å². The summed E-state index contributed by atoms with van der Waals surface area (Å²) in [5.41, 5.74) is 5.28. The highest BCUT2D eigenvalue weighted by Crippen LogP contribution is 2.41. The van der Waals surface area contributed by atoms with E-state index < -0.39 is 0 Å². The summed E-state index contributed by atoms with van der Waals surface area (Å²) in [6.07, 6.45) is 3.22. The van der Waals surface area contributed by atoms with Crippen molar-refractivity contribution in [1.29, 1.82) is 0 Å². The lowest BCUT2D eigenvalue weighted by molar-refractivity contribution is 0.104. The molecule has 96 valence electrons. The molecule has 0 radical (unpaired) electrons. The number of benzene rings is 2. The van der Waals surface area contributed by atoms with Crippen molar-refractivity contribution in [3.05, 3.63) is 65.5 Å². The van der Waals surface area contributed by atoms with Crippen molar-refractivity contribution in [2.75, 3.05) is 0 Å². The molecule has 20 heavy (non-hydrogen) atoms. The minimum atomic E-state index is 0.0478. The maximum atomic E-state index is 12.7. The van der Waals surface area contributed by atoms with Crippen LogP contribution in [0.2, 0.25) is 0 Å². The topological polar surface area (TPSA) is 47.8 Å². The third-order valence-electron chi connectivity index (χ3n) is 3.69. The highest BCUT2D eigenvalue weighted by Gasteiger charge is 2.31. The fraction of sp³-hybridized carbons (Fsp3) is 0.0625. The van der Waals surface area contributed by atoms with Gasteiger partial charge >= 0.3 is 0 Å². The van der Waals surface area contributed by atoms with E-state index in [1.807, 2.05) is 43.3 Å². The van der Waals surface area contributed by atoms with Crippen LogP contribution in [0.25, 0.3) is 16.8 Å². The third-order valence-corrected chi connectivity index (χ3v) is 3.69. The van der Waals surface area contributed by atoms with Crippen molar-refractivity contribution < 1.29 is 4.79 Å². The molecule has 0 spiro atoms. The molecule has 0 saturated carbocycles. The molecule has 1 aromatic heterocycles. The van der Waals surface area contributed by atoms with Crippen LogP contribution in [0.3, 0.4) is 0 Å². The molecule has 0 atom stereocenters. The largest absolute Gasteiger partial charge is 0.288 e. The van der Waals surface area contributed by atoms with Crippen LogP contribution in [-0.4, -0.2) is 20.8 Å². The Kier molecular flexibility index (Phi) is 2.15. The summed E-state index contributed by atoms with van der Waals surface area (Å²) in [7, 11) is 0. The molecule has 4 rings (SSSR count). The van der Waals surface area contributed by atoms with Gasteiger partial charge in [-0.2, -0.15) is 15.0 Å². The number of aromatic nitrogens is 3. The molecule has 0 unspecified atom stereocenters. The maximum Gasteiger partial charge on any atom is 0.196 e. The number of fused-ring (bicyclic) bond motifs is 3. The first-order valence-electron chi connectivity index (χ1n) is 6.42. The smallest absolute Gasteiger partial charge is 0.196 e. The number of aryl methyl sites for hydroxylation is 1. The summed E-state index contributed by atoms with van der Waals surface area (Å²) in [6, 6.07) is 11.6. The summed E-state index contributed by atoms with van der Waals surface area (Å²) < 4.78 is 0. The van der Waals surface area contributed by atoms with Gasteiger partial charge in [0.25, 0.3) is 0 Å². The Morgan fingerprint density at radius 2 is 1.60 bits per heavy atom. The molecule has 0 amide bonds. The standard InChI is InChI=1S/C16H11N3O/c1-10-6-7-13(19-17-8-9-18-19)15-14(10)11-4-2-3-5-12(11)16(15)20/h2-9H,1H3. The first-order valence-corrected chi connectivity index (χ1v) is 6.42. The maximum absolute atomic E-state index is 12.7. The average Bonchev–Trinajstić information content (AvgIpc) is 3.09. The number of carbonyl (C=O) groups is 1. The van der Waals surface area contributed by atoms with Crippen LogP contribution in [0, 0.1) is 6.92 Å². The van der Waals surface area contributed by atoms with Crippen molar-refractivity contribution in [2.45, 2.75) is 6.92 Å². The Morgan fingerprint density at radius 3 is 2.35 bits per heavy atom. The second-order valence-corrected chi connectivity index (χ2v) is 4.84. The minimum absolute atomic E-state index is 0.0478. The van der Waals surface area contributed by atoms with Gasteiger partial charge in [0.2, 0.25) is 0 Å². The summed E-state index contributed by atoms with van der Waals surface area (Å²) in [5.74, 6) is 0.0478. The van der Waals surface area contributed by atoms with E-state index in [-0.39, 0.29) is 5.78 Å². The van der Waals surface area contributed by atoms with Gasteiger partial charge in [0.1, 0.15) is 0 Å². The molecule has 1 aliphatic carbocycles. The number of ketones is 1. The Morgan fingerprint density at radius 1 is 0.900 bits per heavy atom. The van der Waals surface area contributed by atoms with Crippen molar-refractivity contribution in [3.63, 3.8) is 0 Å². The predicted molar refractivity (Wildman–Crippen MR) is 75.0 cm³/mol. The first-order chi connectivity index (χ1) is 9.77. The summed E-state index contributed by atoms with van der Waals surface area (Å²) in [6.45, 7) is 2.02. The number of carbonyl (C=O) groups excluding carboxylic acids is 1. The van der Waals surface area contributed by atoms with Gasteiger partial charge < -0.3 is 0 Å². The molecular weight excluding hydrogens is 250 g/mol. The Hall–Kier alpha value is -2.75. The van der Waals surface area contributed by atoms with E-state index in [1.165, 1.54) is 4.80 Å². The molecule has 0 fully saturated rings. The van der Waals surface area contributed by atoms with Crippen molar-refractivity contribution >= 4 is 5.78 Å². The number of rotatable bonds is 1. The number of hydrogen-bond acceptors (Lipinski definition) is 3. The van der Waals surface area contributed by atoms with Crippen LogP contribution in [0.5, 0.6) is 0 Å². The number of hydrogen-bond donors (Lipinski definition) is 0. The molecule has 1 aliphatic rings. The van der Waals surface area contributed by atoms with Crippen LogP contribution < -0.4 is 0 Å². The third kappa shape index (κ3) is 1.33. The molecule has 3 aromatic rings. The normalized spacial score (nSPS) is 12.3. The summed E-state index contributed by atoms with van der Waals surface area (Å²) in [4.78, 5) is 14.2. The van der Waals surface area contributed by atoms with E-state index in [1.54, 1.807) is 12.4 Å². The van der Waals surface area contributed by atoms with Crippen LogP contribution in [0.15, 0.2) is 48.8 Å². The average molecular weight is 261 g/mol. The highest BCUT2D eigenvalue weighted by atomic mass is 16.1. The second kappa shape index (κ2) is 3.87. The van der Waals surface area contributed by atoms with Crippen molar-refractivity contribution in [2.24, 2.45) is 0 Å². The van der Waals surface area contributed by atoms with Crippen LogP contribution in [-0.2, 0) is 0 Å². The lowest BCUT2D eigenvalue weighted by Crippen LogP contribution is -2.07. The SMILES string of the molecule is Cc1ccc(-n2nccn2)c2c1-c1ccccc1C2=O. The van der Waals surface area contributed by atoms with Gasteiger partial charge in [0.15, 0.2) is 5.78 Å². The zero-order valence-electron chi connectivity index (χ0n) is 10.9. The van der Waals surface area contributed by atoms with E-state index >= 15 is 0 Å².